The minimum absolute atomic E-state index is 0.283. The zero-order valence-corrected chi connectivity index (χ0v) is 12.0. The van der Waals surface area contributed by atoms with Crippen molar-refractivity contribution >= 4 is 27.0 Å². The molecule has 0 unspecified atom stereocenters. The van der Waals surface area contributed by atoms with Crippen molar-refractivity contribution in [2.24, 2.45) is 0 Å². The third-order valence-corrected chi connectivity index (χ3v) is 3.47. The zero-order valence-electron chi connectivity index (χ0n) is 10.4. The summed E-state index contributed by atoms with van der Waals surface area (Å²) in [5, 5.41) is 0. The van der Waals surface area contributed by atoms with Crippen LogP contribution in [0.25, 0.3) is 22.4 Å². The van der Waals surface area contributed by atoms with Crippen molar-refractivity contribution in [3.63, 3.8) is 0 Å². The minimum atomic E-state index is -4.71. The number of hydrogen-bond donors (Lipinski definition) is 1. The van der Waals surface area contributed by atoms with Crippen molar-refractivity contribution in [1.82, 2.24) is 9.97 Å². The Morgan fingerprint density at radius 1 is 1.10 bits per heavy atom. The highest BCUT2D eigenvalue weighted by molar-refractivity contribution is 9.10. The van der Waals surface area contributed by atoms with Gasteiger partial charge in [0.2, 0.25) is 0 Å². The third kappa shape index (κ3) is 3.02. The summed E-state index contributed by atoms with van der Waals surface area (Å²) in [7, 11) is 0. The van der Waals surface area contributed by atoms with Gasteiger partial charge in [0.15, 0.2) is 0 Å². The van der Waals surface area contributed by atoms with Crippen molar-refractivity contribution in [3.8, 4) is 17.1 Å². The molecule has 3 aromatic rings. The molecule has 0 aliphatic carbocycles. The van der Waals surface area contributed by atoms with Gasteiger partial charge in [0.1, 0.15) is 11.6 Å². The molecule has 0 aliphatic heterocycles. The standard InChI is InChI=1S/C14H8BrF3N2O/c15-10-7-8(21-14(16,17)18)5-6-9(10)13-19-11-3-1-2-4-12(11)20-13/h1-7H,(H,19,20). The van der Waals surface area contributed by atoms with Crippen LogP contribution >= 0.6 is 15.9 Å². The lowest BCUT2D eigenvalue weighted by molar-refractivity contribution is -0.274. The van der Waals surface area contributed by atoms with Gasteiger partial charge < -0.3 is 9.72 Å². The molecule has 0 bridgehead atoms. The lowest BCUT2D eigenvalue weighted by Gasteiger charge is -2.10. The molecule has 1 N–H and O–H groups in total. The Hall–Kier alpha value is -2.02. The van der Waals surface area contributed by atoms with Crippen molar-refractivity contribution in [2.75, 3.05) is 0 Å². The molecule has 21 heavy (non-hydrogen) atoms. The van der Waals surface area contributed by atoms with E-state index in [0.717, 1.165) is 11.0 Å². The van der Waals surface area contributed by atoms with E-state index in [4.69, 9.17) is 0 Å². The molecule has 0 aliphatic rings. The summed E-state index contributed by atoms with van der Waals surface area (Å²) >= 11 is 3.24. The van der Waals surface area contributed by atoms with Crippen LogP contribution in [0.1, 0.15) is 0 Å². The van der Waals surface area contributed by atoms with Gasteiger partial charge in [-0.3, -0.25) is 0 Å². The number of para-hydroxylation sites is 2. The fourth-order valence-corrected chi connectivity index (χ4v) is 2.51. The molecule has 1 aromatic heterocycles. The lowest BCUT2D eigenvalue weighted by atomic mass is 10.2. The van der Waals surface area contributed by atoms with E-state index in [1.807, 2.05) is 24.3 Å². The number of benzene rings is 2. The Labute approximate surface area is 125 Å². The van der Waals surface area contributed by atoms with Crippen LogP contribution in [0, 0.1) is 0 Å². The van der Waals surface area contributed by atoms with Gasteiger partial charge in [-0.15, -0.1) is 13.2 Å². The average molecular weight is 357 g/mol. The summed E-state index contributed by atoms with van der Waals surface area (Å²) in [5.74, 6) is 0.288. The Bertz CT molecular complexity index is 765. The fourth-order valence-electron chi connectivity index (χ4n) is 1.97. The first-order chi connectivity index (χ1) is 9.92. The monoisotopic (exact) mass is 356 g/mol. The van der Waals surface area contributed by atoms with E-state index in [2.05, 4.69) is 30.6 Å². The molecule has 0 spiro atoms. The van der Waals surface area contributed by atoms with Crippen molar-refractivity contribution in [1.29, 1.82) is 0 Å². The van der Waals surface area contributed by atoms with Crippen LogP contribution in [0.3, 0.4) is 0 Å². The van der Waals surface area contributed by atoms with E-state index in [9.17, 15) is 13.2 Å². The summed E-state index contributed by atoms with van der Waals surface area (Å²) < 4.78 is 40.9. The number of fused-ring (bicyclic) bond motifs is 1. The number of nitrogens with one attached hydrogen (secondary N) is 1. The van der Waals surface area contributed by atoms with Gasteiger partial charge in [0.25, 0.3) is 0 Å². The molecule has 0 amide bonds. The highest BCUT2D eigenvalue weighted by Crippen LogP contribution is 2.33. The van der Waals surface area contributed by atoms with Gasteiger partial charge in [-0.1, -0.05) is 12.1 Å². The van der Waals surface area contributed by atoms with Gasteiger partial charge in [0.05, 0.1) is 11.0 Å². The van der Waals surface area contributed by atoms with Crippen molar-refractivity contribution in [2.45, 2.75) is 6.36 Å². The molecule has 1 heterocycles. The van der Waals surface area contributed by atoms with E-state index in [1.54, 1.807) is 0 Å². The Morgan fingerprint density at radius 3 is 2.52 bits per heavy atom. The Balaban J connectivity index is 1.99. The van der Waals surface area contributed by atoms with Crippen LogP contribution in [-0.2, 0) is 0 Å². The molecule has 0 saturated heterocycles. The third-order valence-electron chi connectivity index (χ3n) is 2.82. The maximum Gasteiger partial charge on any atom is 0.573 e. The molecule has 2 aromatic carbocycles. The molecular weight excluding hydrogens is 349 g/mol. The lowest BCUT2D eigenvalue weighted by Crippen LogP contribution is -2.17. The zero-order chi connectivity index (χ0) is 15.0. The molecule has 0 fully saturated rings. The number of aromatic nitrogens is 2. The molecule has 3 nitrogen and oxygen atoms in total. The van der Waals surface area contributed by atoms with Crippen LogP contribution in [0.5, 0.6) is 5.75 Å². The maximum atomic E-state index is 12.2. The largest absolute Gasteiger partial charge is 0.573 e. The first kappa shape index (κ1) is 13.9. The normalized spacial score (nSPS) is 11.8. The quantitative estimate of drug-likeness (QED) is 0.709. The number of rotatable bonds is 2. The maximum absolute atomic E-state index is 12.2. The van der Waals surface area contributed by atoms with Crippen LogP contribution in [-0.4, -0.2) is 16.3 Å². The van der Waals surface area contributed by atoms with Crippen molar-refractivity contribution in [3.05, 3.63) is 46.9 Å². The van der Waals surface area contributed by atoms with Crippen molar-refractivity contribution < 1.29 is 17.9 Å². The molecular formula is C14H8BrF3N2O. The van der Waals surface area contributed by atoms with Crippen LogP contribution < -0.4 is 4.74 Å². The second kappa shape index (κ2) is 5.07. The molecule has 3 rings (SSSR count). The van der Waals surface area contributed by atoms with Crippen LogP contribution in [0.15, 0.2) is 46.9 Å². The minimum Gasteiger partial charge on any atom is -0.406 e. The van der Waals surface area contributed by atoms with Gasteiger partial charge in [-0.25, -0.2) is 4.98 Å². The molecule has 0 atom stereocenters. The topological polar surface area (TPSA) is 37.9 Å². The summed E-state index contributed by atoms with van der Waals surface area (Å²) in [6.45, 7) is 0. The van der Waals surface area contributed by atoms with Gasteiger partial charge in [0, 0.05) is 10.0 Å². The first-order valence-electron chi connectivity index (χ1n) is 5.93. The molecule has 7 heteroatoms. The predicted molar refractivity (Wildman–Crippen MR) is 75.9 cm³/mol. The summed E-state index contributed by atoms with van der Waals surface area (Å²) in [6, 6.07) is 11.5. The van der Waals surface area contributed by atoms with Gasteiger partial charge in [-0.05, 0) is 46.3 Å². The van der Waals surface area contributed by atoms with Crippen LogP contribution in [0.2, 0.25) is 0 Å². The van der Waals surface area contributed by atoms with E-state index < -0.39 is 6.36 Å². The second-order valence-corrected chi connectivity index (χ2v) is 5.15. The number of halogens is 4. The van der Waals surface area contributed by atoms with E-state index in [0.29, 0.717) is 15.9 Å². The first-order valence-corrected chi connectivity index (χ1v) is 6.72. The Kier molecular flexibility index (Phi) is 3.36. The van der Waals surface area contributed by atoms with Crippen LogP contribution in [0.4, 0.5) is 13.2 Å². The highest BCUT2D eigenvalue weighted by Gasteiger charge is 2.31. The number of hydrogen-bond acceptors (Lipinski definition) is 2. The Morgan fingerprint density at radius 2 is 1.86 bits per heavy atom. The number of ether oxygens (including phenoxy) is 1. The molecule has 108 valence electrons. The van der Waals surface area contributed by atoms with E-state index in [1.165, 1.54) is 18.2 Å². The van der Waals surface area contributed by atoms with E-state index in [-0.39, 0.29) is 5.75 Å². The highest BCUT2D eigenvalue weighted by atomic mass is 79.9. The summed E-state index contributed by atoms with van der Waals surface area (Å²) in [5.41, 5.74) is 2.30. The van der Waals surface area contributed by atoms with Gasteiger partial charge in [-0.2, -0.15) is 0 Å². The fraction of sp³-hybridized carbons (Fsp3) is 0.0714. The molecule has 0 radical (unpaired) electrons. The SMILES string of the molecule is FC(F)(F)Oc1ccc(-c2nc3ccccc3[nH]2)c(Br)c1. The number of nitrogens with zero attached hydrogens (tertiary/aromatic N) is 1. The summed E-state index contributed by atoms with van der Waals surface area (Å²) in [6.07, 6.45) is -4.71. The summed E-state index contributed by atoms with van der Waals surface area (Å²) in [4.78, 5) is 7.52. The van der Waals surface area contributed by atoms with E-state index >= 15 is 0 Å². The number of imidazole rings is 1. The number of alkyl halides is 3. The smallest absolute Gasteiger partial charge is 0.406 e. The average Bonchev–Trinajstić information content (AvgIpc) is 2.80. The van der Waals surface area contributed by atoms with Gasteiger partial charge >= 0.3 is 6.36 Å². The number of aromatic amines is 1. The predicted octanol–water partition coefficient (Wildman–Crippen LogP) is 4.89. The second-order valence-electron chi connectivity index (χ2n) is 4.29. The number of H-pyrrole nitrogens is 1. The molecule has 0 saturated carbocycles.